The van der Waals surface area contributed by atoms with Crippen LogP contribution in [0.4, 0.5) is 0 Å². The minimum atomic E-state index is -0.345. The standard InChI is InChI=1S/C16H20N2O2/c1-2-13-16(20)18(9-8-15(19)17-13)14-10-12(14)11-6-4-3-5-7-11/h3-7,12-14H,2,8-10H2,1H3,(H,17,19). The molecule has 0 bridgehead atoms. The normalized spacial score (nSPS) is 29.9. The Balaban J connectivity index is 1.74. The maximum atomic E-state index is 12.5. The van der Waals surface area contributed by atoms with E-state index in [1.54, 1.807) is 0 Å². The second-order valence-electron chi connectivity index (χ2n) is 5.63. The van der Waals surface area contributed by atoms with Crippen molar-refractivity contribution in [3.8, 4) is 0 Å². The molecule has 1 saturated heterocycles. The van der Waals surface area contributed by atoms with Gasteiger partial charge in [0.1, 0.15) is 6.04 Å². The molecule has 0 aromatic heterocycles. The first kappa shape index (κ1) is 13.2. The Morgan fingerprint density at radius 1 is 1.25 bits per heavy atom. The zero-order valence-corrected chi connectivity index (χ0v) is 11.7. The van der Waals surface area contributed by atoms with Gasteiger partial charge in [0.25, 0.3) is 0 Å². The van der Waals surface area contributed by atoms with E-state index in [4.69, 9.17) is 0 Å². The van der Waals surface area contributed by atoms with Gasteiger partial charge in [-0.05, 0) is 18.4 Å². The van der Waals surface area contributed by atoms with Crippen molar-refractivity contribution in [2.24, 2.45) is 0 Å². The highest BCUT2D eigenvalue weighted by Crippen LogP contribution is 2.45. The van der Waals surface area contributed by atoms with Crippen LogP contribution in [0.25, 0.3) is 0 Å². The molecule has 1 aromatic carbocycles. The van der Waals surface area contributed by atoms with Crippen LogP contribution in [0.15, 0.2) is 30.3 Å². The van der Waals surface area contributed by atoms with Gasteiger partial charge >= 0.3 is 0 Å². The van der Waals surface area contributed by atoms with Crippen molar-refractivity contribution in [1.29, 1.82) is 0 Å². The van der Waals surface area contributed by atoms with Crippen molar-refractivity contribution in [2.45, 2.75) is 44.2 Å². The fraction of sp³-hybridized carbons (Fsp3) is 0.500. The number of benzene rings is 1. The molecule has 106 valence electrons. The Labute approximate surface area is 119 Å². The van der Waals surface area contributed by atoms with E-state index in [1.807, 2.05) is 30.0 Å². The number of hydrogen-bond donors (Lipinski definition) is 1. The molecule has 3 atom stereocenters. The number of rotatable bonds is 3. The van der Waals surface area contributed by atoms with Crippen LogP contribution in [0, 0.1) is 0 Å². The Bertz CT molecular complexity index is 514. The summed E-state index contributed by atoms with van der Waals surface area (Å²) in [4.78, 5) is 26.1. The van der Waals surface area contributed by atoms with Crippen molar-refractivity contribution in [3.63, 3.8) is 0 Å². The largest absolute Gasteiger partial charge is 0.344 e. The average molecular weight is 272 g/mol. The van der Waals surface area contributed by atoms with Crippen molar-refractivity contribution in [1.82, 2.24) is 10.2 Å². The Kier molecular flexibility index (Phi) is 3.47. The summed E-state index contributed by atoms with van der Waals surface area (Å²) in [6, 6.07) is 10.2. The van der Waals surface area contributed by atoms with Gasteiger partial charge in [0.2, 0.25) is 11.8 Å². The highest BCUT2D eigenvalue weighted by molar-refractivity contribution is 5.90. The molecule has 1 aliphatic heterocycles. The molecular weight excluding hydrogens is 252 g/mol. The first-order chi connectivity index (χ1) is 9.70. The summed E-state index contributed by atoms with van der Waals surface area (Å²) in [6.07, 6.45) is 2.09. The van der Waals surface area contributed by atoms with Crippen LogP contribution < -0.4 is 5.32 Å². The Hall–Kier alpha value is -1.84. The molecule has 0 radical (unpaired) electrons. The maximum absolute atomic E-state index is 12.5. The van der Waals surface area contributed by atoms with Crippen LogP contribution in [0.5, 0.6) is 0 Å². The van der Waals surface area contributed by atoms with Crippen molar-refractivity contribution < 1.29 is 9.59 Å². The van der Waals surface area contributed by atoms with Gasteiger partial charge in [0.05, 0.1) is 0 Å². The van der Waals surface area contributed by atoms with Crippen LogP contribution in [-0.2, 0) is 9.59 Å². The first-order valence-electron chi connectivity index (χ1n) is 7.35. The molecule has 3 unspecified atom stereocenters. The molecular formula is C16H20N2O2. The summed E-state index contributed by atoms with van der Waals surface area (Å²) in [7, 11) is 0. The van der Waals surface area contributed by atoms with E-state index < -0.39 is 0 Å². The summed E-state index contributed by atoms with van der Waals surface area (Å²) >= 11 is 0. The first-order valence-corrected chi connectivity index (χ1v) is 7.35. The van der Waals surface area contributed by atoms with E-state index in [-0.39, 0.29) is 23.9 Å². The fourth-order valence-corrected chi connectivity index (χ4v) is 3.05. The number of carbonyl (C=O) groups excluding carboxylic acids is 2. The highest BCUT2D eigenvalue weighted by atomic mass is 16.2. The third-order valence-corrected chi connectivity index (χ3v) is 4.29. The van der Waals surface area contributed by atoms with Crippen LogP contribution in [0.3, 0.4) is 0 Å². The SMILES string of the molecule is CCC1NC(=O)CCN(C2CC2c2ccccc2)C1=O. The van der Waals surface area contributed by atoms with E-state index in [2.05, 4.69) is 17.4 Å². The van der Waals surface area contributed by atoms with Gasteiger partial charge < -0.3 is 10.2 Å². The third-order valence-electron chi connectivity index (χ3n) is 4.29. The lowest BCUT2D eigenvalue weighted by atomic mass is 10.1. The molecule has 3 rings (SSSR count). The van der Waals surface area contributed by atoms with E-state index in [0.717, 1.165) is 6.42 Å². The predicted octanol–water partition coefficient (Wildman–Crippen LogP) is 1.67. The van der Waals surface area contributed by atoms with Gasteiger partial charge in [-0.1, -0.05) is 37.3 Å². The van der Waals surface area contributed by atoms with Crippen LogP contribution in [-0.4, -0.2) is 35.3 Å². The molecule has 1 aliphatic carbocycles. The summed E-state index contributed by atoms with van der Waals surface area (Å²) in [6.45, 7) is 2.49. The zero-order chi connectivity index (χ0) is 14.1. The monoisotopic (exact) mass is 272 g/mol. The number of hydrogen-bond acceptors (Lipinski definition) is 2. The van der Waals surface area contributed by atoms with E-state index >= 15 is 0 Å². The minimum absolute atomic E-state index is 0.00962. The van der Waals surface area contributed by atoms with Gasteiger partial charge in [0.15, 0.2) is 0 Å². The van der Waals surface area contributed by atoms with E-state index in [1.165, 1.54) is 5.56 Å². The third kappa shape index (κ3) is 2.42. The zero-order valence-electron chi connectivity index (χ0n) is 11.7. The van der Waals surface area contributed by atoms with Crippen molar-refractivity contribution >= 4 is 11.8 Å². The van der Waals surface area contributed by atoms with Crippen LogP contribution >= 0.6 is 0 Å². The molecule has 2 amide bonds. The van der Waals surface area contributed by atoms with Gasteiger partial charge in [0, 0.05) is 24.9 Å². The summed E-state index contributed by atoms with van der Waals surface area (Å²) in [5.74, 6) is 0.511. The Morgan fingerprint density at radius 3 is 2.70 bits per heavy atom. The molecule has 2 fully saturated rings. The topological polar surface area (TPSA) is 49.4 Å². The second-order valence-corrected chi connectivity index (χ2v) is 5.63. The van der Waals surface area contributed by atoms with Crippen LogP contribution in [0.1, 0.15) is 37.7 Å². The lowest BCUT2D eigenvalue weighted by molar-refractivity contribution is -0.134. The maximum Gasteiger partial charge on any atom is 0.245 e. The van der Waals surface area contributed by atoms with E-state index in [0.29, 0.717) is 25.3 Å². The molecule has 4 heteroatoms. The molecule has 1 heterocycles. The fourth-order valence-electron chi connectivity index (χ4n) is 3.05. The van der Waals surface area contributed by atoms with Gasteiger partial charge in [-0.3, -0.25) is 9.59 Å². The van der Waals surface area contributed by atoms with Gasteiger partial charge in [-0.25, -0.2) is 0 Å². The Morgan fingerprint density at radius 2 is 2.00 bits per heavy atom. The van der Waals surface area contributed by atoms with E-state index in [9.17, 15) is 9.59 Å². The predicted molar refractivity (Wildman–Crippen MR) is 76.1 cm³/mol. The summed E-state index contributed by atoms with van der Waals surface area (Å²) < 4.78 is 0. The van der Waals surface area contributed by atoms with Crippen molar-refractivity contribution in [2.75, 3.05) is 6.54 Å². The molecule has 20 heavy (non-hydrogen) atoms. The summed E-state index contributed by atoms with van der Waals surface area (Å²) in [5.41, 5.74) is 1.29. The molecule has 2 aliphatic rings. The number of nitrogens with one attached hydrogen (secondary N) is 1. The quantitative estimate of drug-likeness (QED) is 0.910. The molecule has 4 nitrogen and oxygen atoms in total. The summed E-state index contributed by atoms with van der Waals surface area (Å²) in [5, 5.41) is 2.82. The second kappa shape index (κ2) is 5.27. The average Bonchev–Trinajstić information content (AvgIpc) is 3.26. The number of amides is 2. The van der Waals surface area contributed by atoms with Crippen molar-refractivity contribution in [3.05, 3.63) is 35.9 Å². The molecule has 0 spiro atoms. The lowest BCUT2D eigenvalue weighted by Gasteiger charge is -2.24. The van der Waals surface area contributed by atoms with Crippen LogP contribution in [0.2, 0.25) is 0 Å². The number of nitrogens with zero attached hydrogens (tertiary/aromatic N) is 1. The van der Waals surface area contributed by atoms with Gasteiger partial charge in [-0.2, -0.15) is 0 Å². The smallest absolute Gasteiger partial charge is 0.245 e. The number of carbonyl (C=O) groups is 2. The lowest BCUT2D eigenvalue weighted by Crippen LogP contribution is -2.45. The highest BCUT2D eigenvalue weighted by Gasteiger charge is 2.46. The molecule has 1 saturated carbocycles. The molecule has 1 N–H and O–H groups in total. The van der Waals surface area contributed by atoms with Gasteiger partial charge in [-0.15, -0.1) is 0 Å². The minimum Gasteiger partial charge on any atom is -0.344 e. The molecule has 1 aromatic rings.